The molecular formula is C15H15ClN4O3S. The number of anilines is 1. The fourth-order valence-corrected chi connectivity index (χ4v) is 3.15. The maximum absolute atomic E-state index is 11.4. The summed E-state index contributed by atoms with van der Waals surface area (Å²) in [5.41, 5.74) is 2.66. The number of nitrogens with zero attached hydrogens (tertiary/aromatic N) is 3. The number of hydrogen-bond donors (Lipinski definition) is 1. The smallest absolute Gasteiger partial charge is 0.229 e. The van der Waals surface area contributed by atoms with E-state index in [4.69, 9.17) is 16.3 Å². The molecule has 2 heterocycles. The fourth-order valence-electron chi connectivity index (χ4n) is 2.45. The Hall–Kier alpha value is -2.32. The summed E-state index contributed by atoms with van der Waals surface area (Å²) in [5.74, 6) is 0.473. The van der Waals surface area contributed by atoms with E-state index in [9.17, 15) is 8.42 Å². The largest absolute Gasteiger partial charge is 0.494 e. The van der Waals surface area contributed by atoms with E-state index in [0.717, 1.165) is 22.9 Å². The molecule has 0 aliphatic carbocycles. The zero-order chi connectivity index (χ0) is 17.5. The first-order chi connectivity index (χ1) is 11.3. The number of aromatic nitrogens is 3. The minimum absolute atomic E-state index is 0.359. The lowest BCUT2D eigenvalue weighted by atomic mass is 10.2. The number of sulfonamides is 1. The van der Waals surface area contributed by atoms with Gasteiger partial charge in [0.2, 0.25) is 10.0 Å². The van der Waals surface area contributed by atoms with Crippen LogP contribution in [0.3, 0.4) is 0 Å². The molecule has 9 heteroatoms. The highest BCUT2D eigenvalue weighted by Gasteiger charge is 2.15. The lowest BCUT2D eigenvalue weighted by Crippen LogP contribution is -2.10. The van der Waals surface area contributed by atoms with E-state index in [1.807, 2.05) is 6.92 Å². The topological polar surface area (TPSA) is 86.1 Å². The molecule has 0 aliphatic heterocycles. The molecule has 3 aromatic rings. The summed E-state index contributed by atoms with van der Waals surface area (Å²) in [7, 11) is -1.86. The SMILES string of the molecule is COc1cc(NS(C)(=O)=O)ccc1-n1nc(C)c2cnc(Cl)cc21. The van der Waals surface area contributed by atoms with Crippen molar-refractivity contribution in [2.24, 2.45) is 0 Å². The molecule has 0 saturated heterocycles. The number of ether oxygens (including phenoxy) is 1. The number of fused-ring (bicyclic) bond motifs is 1. The van der Waals surface area contributed by atoms with Crippen LogP contribution in [0.5, 0.6) is 5.75 Å². The van der Waals surface area contributed by atoms with Crippen LogP contribution < -0.4 is 9.46 Å². The molecule has 0 amide bonds. The zero-order valence-corrected chi connectivity index (χ0v) is 14.8. The van der Waals surface area contributed by atoms with Crippen LogP contribution >= 0.6 is 11.6 Å². The average Bonchev–Trinajstić information content (AvgIpc) is 2.81. The van der Waals surface area contributed by atoms with E-state index in [0.29, 0.717) is 22.3 Å². The quantitative estimate of drug-likeness (QED) is 0.717. The number of halogens is 1. The van der Waals surface area contributed by atoms with Crippen molar-refractivity contribution in [3.63, 3.8) is 0 Å². The van der Waals surface area contributed by atoms with Crippen molar-refractivity contribution in [2.45, 2.75) is 6.92 Å². The van der Waals surface area contributed by atoms with Crippen molar-refractivity contribution in [1.82, 2.24) is 14.8 Å². The number of rotatable bonds is 4. The molecule has 1 N–H and O–H groups in total. The van der Waals surface area contributed by atoms with Crippen molar-refractivity contribution in [1.29, 1.82) is 0 Å². The molecule has 0 fully saturated rings. The standard InChI is InChI=1S/C15H15ClN4O3S/c1-9-11-8-17-15(16)7-13(11)20(18-9)12-5-4-10(6-14(12)23-2)19-24(3,21)22/h4-8,19H,1-3H3. The number of hydrogen-bond acceptors (Lipinski definition) is 5. The van der Waals surface area contributed by atoms with Gasteiger partial charge in [-0.2, -0.15) is 5.10 Å². The van der Waals surface area contributed by atoms with Gasteiger partial charge in [-0.1, -0.05) is 11.6 Å². The first kappa shape index (κ1) is 16.5. The lowest BCUT2D eigenvalue weighted by molar-refractivity contribution is 0.412. The van der Waals surface area contributed by atoms with E-state index in [1.54, 1.807) is 35.1 Å². The summed E-state index contributed by atoms with van der Waals surface area (Å²) in [6.45, 7) is 1.88. The second-order valence-corrected chi connectivity index (χ2v) is 7.42. The molecule has 0 aliphatic rings. The zero-order valence-electron chi connectivity index (χ0n) is 13.2. The predicted molar refractivity (Wildman–Crippen MR) is 93.6 cm³/mol. The van der Waals surface area contributed by atoms with Gasteiger partial charge in [-0.15, -0.1) is 0 Å². The number of methoxy groups -OCH3 is 1. The van der Waals surface area contributed by atoms with Crippen molar-refractivity contribution in [3.8, 4) is 11.4 Å². The fraction of sp³-hybridized carbons (Fsp3) is 0.200. The van der Waals surface area contributed by atoms with Gasteiger partial charge in [-0.25, -0.2) is 18.1 Å². The van der Waals surface area contributed by atoms with Gasteiger partial charge in [-0.05, 0) is 19.1 Å². The predicted octanol–water partition coefficient (Wildman–Crippen LogP) is 2.76. The Labute approximate surface area is 144 Å². The van der Waals surface area contributed by atoms with Crippen LogP contribution in [0.2, 0.25) is 5.15 Å². The molecule has 0 bridgehead atoms. The van der Waals surface area contributed by atoms with Gasteiger partial charge in [0.05, 0.1) is 30.3 Å². The molecule has 1 aromatic carbocycles. The van der Waals surface area contributed by atoms with Crippen molar-refractivity contribution in [3.05, 3.63) is 41.3 Å². The number of pyridine rings is 1. The van der Waals surface area contributed by atoms with E-state index in [-0.39, 0.29) is 0 Å². The Morgan fingerprint density at radius 1 is 1.29 bits per heavy atom. The number of benzene rings is 1. The Bertz CT molecular complexity index is 1030. The maximum Gasteiger partial charge on any atom is 0.229 e. The van der Waals surface area contributed by atoms with Crippen LogP contribution in [-0.2, 0) is 10.0 Å². The third-order valence-corrected chi connectivity index (χ3v) is 4.24. The van der Waals surface area contributed by atoms with Crippen LogP contribution in [0.4, 0.5) is 5.69 Å². The number of aryl methyl sites for hydroxylation is 1. The molecule has 0 unspecified atom stereocenters. The molecule has 0 radical (unpaired) electrons. The molecule has 126 valence electrons. The number of nitrogens with one attached hydrogen (secondary N) is 1. The third kappa shape index (κ3) is 3.15. The first-order valence-electron chi connectivity index (χ1n) is 6.95. The van der Waals surface area contributed by atoms with Gasteiger partial charge in [0.25, 0.3) is 0 Å². The Kier molecular flexibility index (Phi) is 4.10. The van der Waals surface area contributed by atoms with E-state index in [2.05, 4.69) is 14.8 Å². The molecule has 24 heavy (non-hydrogen) atoms. The van der Waals surface area contributed by atoms with Crippen molar-refractivity contribution in [2.75, 3.05) is 18.1 Å². The van der Waals surface area contributed by atoms with Crippen molar-refractivity contribution >= 4 is 38.2 Å². The van der Waals surface area contributed by atoms with Gasteiger partial charge in [0.1, 0.15) is 16.6 Å². The second-order valence-electron chi connectivity index (χ2n) is 5.28. The molecule has 0 spiro atoms. The second kappa shape index (κ2) is 5.95. The van der Waals surface area contributed by atoms with Crippen LogP contribution in [0, 0.1) is 6.92 Å². The van der Waals surface area contributed by atoms with Crippen molar-refractivity contribution < 1.29 is 13.2 Å². The van der Waals surface area contributed by atoms with Gasteiger partial charge in [0.15, 0.2) is 0 Å². The summed E-state index contributed by atoms with van der Waals surface area (Å²) in [5, 5.41) is 5.75. The monoisotopic (exact) mass is 366 g/mol. The van der Waals surface area contributed by atoms with E-state index >= 15 is 0 Å². The van der Waals surface area contributed by atoms with Crippen LogP contribution in [-0.4, -0.2) is 36.5 Å². The molecule has 7 nitrogen and oxygen atoms in total. The van der Waals surface area contributed by atoms with Crippen LogP contribution in [0.15, 0.2) is 30.5 Å². The van der Waals surface area contributed by atoms with Gasteiger partial charge in [0, 0.05) is 23.7 Å². The molecule has 3 rings (SSSR count). The summed E-state index contributed by atoms with van der Waals surface area (Å²) < 4.78 is 32.3. The third-order valence-electron chi connectivity index (χ3n) is 3.43. The molecule has 0 atom stereocenters. The summed E-state index contributed by atoms with van der Waals surface area (Å²) in [6.07, 6.45) is 2.76. The van der Waals surface area contributed by atoms with Gasteiger partial charge < -0.3 is 4.74 Å². The summed E-state index contributed by atoms with van der Waals surface area (Å²) in [6, 6.07) is 6.69. The van der Waals surface area contributed by atoms with Crippen LogP contribution in [0.1, 0.15) is 5.69 Å². The lowest BCUT2D eigenvalue weighted by Gasteiger charge is -2.12. The Morgan fingerprint density at radius 2 is 2.04 bits per heavy atom. The Morgan fingerprint density at radius 3 is 2.71 bits per heavy atom. The molecule has 2 aromatic heterocycles. The highest BCUT2D eigenvalue weighted by Crippen LogP contribution is 2.31. The summed E-state index contributed by atoms with van der Waals surface area (Å²) in [4.78, 5) is 4.08. The van der Waals surface area contributed by atoms with Crippen LogP contribution in [0.25, 0.3) is 16.6 Å². The molecule has 0 saturated carbocycles. The minimum Gasteiger partial charge on any atom is -0.494 e. The molecular weight excluding hydrogens is 352 g/mol. The normalized spacial score (nSPS) is 11.7. The Balaban J connectivity index is 2.18. The highest BCUT2D eigenvalue weighted by molar-refractivity contribution is 7.92. The summed E-state index contributed by atoms with van der Waals surface area (Å²) >= 11 is 6.00. The first-order valence-corrected chi connectivity index (χ1v) is 9.22. The van der Waals surface area contributed by atoms with Gasteiger partial charge >= 0.3 is 0 Å². The average molecular weight is 367 g/mol. The minimum atomic E-state index is -3.37. The maximum atomic E-state index is 11.4. The van der Waals surface area contributed by atoms with Gasteiger partial charge in [-0.3, -0.25) is 4.72 Å². The highest BCUT2D eigenvalue weighted by atomic mass is 35.5. The van der Waals surface area contributed by atoms with E-state index < -0.39 is 10.0 Å². The van der Waals surface area contributed by atoms with E-state index in [1.165, 1.54) is 7.11 Å².